The van der Waals surface area contributed by atoms with E-state index in [9.17, 15) is 14.5 Å². The third-order valence-corrected chi connectivity index (χ3v) is 3.27. The number of nitro benzene ring substituents is 1. The van der Waals surface area contributed by atoms with E-state index in [0.717, 1.165) is 6.07 Å². The van der Waals surface area contributed by atoms with Gasteiger partial charge in [0.2, 0.25) is 5.82 Å². The molecule has 0 atom stereocenters. The van der Waals surface area contributed by atoms with Crippen LogP contribution >= 0.6 is 34.8 Å². The van der Waals surface area contributed by atoms with E-state index >= 15 is 0 Å². The lowest BCUT2D eigenvalue weighted by atomic mass is 10.0. The van der Waals surface area contributed by atoms with Crippen LogP contribution < -0.4 is 0 Å². The molecule has 7 heteroatoms. The fraction of sp³-hybridized carbons (Fsp3) is 0. The number of nitro groups is 1. The van der Waals surface area contributed by atoms with Gasteiger partial charge in [-0.15, -0.1) is 0 Å². The molecule has 0 fully saturated rings. The van der Waals surface area contributed by atoms with Crippen molar-refractivity contribution in [3.63, 3.8) is 0 Å². The monoisotopic (exact) mass is 319 g/mol. The maximum absolute atomic E-state index is 14.1. The molecule has 98 valence electrons. The van der Waals surface area contributed by atoms with E-state index in [1.165, 1.54) is 24.3 Å². The zero-order chi connectivity index (χ0) is 14.2. The molecule has 0 saturated heterocycles. The Balaban J connectivity index is 2.73. The molecule has 19 heavy (non-hydrogen) atoms. The average Bonchev–Trinajstić information content (AvgIpc) is 2.29. The summed E-state index contributed by atoms with van der Waals surface area (Å²) in [7, 11) is 0. The van der Waals surface area contributed by atoms with E-state index < -0.39 is 16.4 Å². The molecule has 0 unspecified atom stereocenters. The van der Waals surface area contributed by atoms with Crippen LogP contribution in [0.5, 0.6) is 0 Å². The second-order valence-corrected chi connectivity index (χ2v) is 4.89. The number of hydrogen-bond donors (Lipinski definition) is 0. The zero-order valence-electron chi connectivity index (χ0n) is 9.16. The number of halogens is 4. The summed E-state index contributed by atoms with van der Waals surface area (Å²) in [4.78, 5) is 9.90. The predicted molar refractivity (Wildman–Crippen MR) is 73.5 cm³/mol. The molecule has 0 radical (unpaired) electrons. The molecule has 0 amide bonds. The minimum atomic E-state index is -0.987. The highest BCUT2D eigenvalue weighted by Crippen LogP contribution is 2.39. The molecule has 0 N–H and O–H groups in total. The van der Waals surface area contributed by atoms with Crippen LogP contribution in [0.15, 0.2) is 30.3 Å². The van der Waals surface area contributed by atoms with Gasteiger partial charge in [0.15, 0.2) is 0 Å². The lowest BCUT2D eigenvalue weighted by Crippen LogP contribution is -1.95. The highest BCUT2D eigenvalue weighted by Gasteiger charge is 2.21. The van der Waals surface area contributed by atoms with Crippen LogP contribution in [0.3, 0.4) is 0 Å². The number of benzene rings is 2. The minimum Gasteiger partial charge on any atom is -0.258 e. The Hall–Kier alpha value is -1.36. The molecule has 0 aliphatic rings. The SMILES string of the molecule is O=[N+]([O-])c1cccc(-c2c(Cl)cc(Cl)cc2Cl)c1F. The first-order valence-corrected chi connectivity index (χ1v) is 6.13. The number of rotatable bonds is 2. The Morgan fingerprint density at radius 3 is 2.21 bits per heavy atom. The molecule has 0 heterocycles. The molecular weight excluding hydrogens is 315 g/mol. The third kappa shape index (κ3) is 2.66. The standard InChI is InChI=1S/C12H5Cl3FNO2/c13-6-4-8(14)11(9(15)5-6)7-2-1-3-10(12(7)16)17(18)19/h1-5H. The van der Waals surface area contributed by atoms with Crippen molar-refractivity contribution in [1.29, 1.82) is 0 Å². The van der Waals surface area contributed by atoms with Gasteiger partial charge in [0, 0.05) is 22.2 Å². The molecule has 0 aliphatic heterocycles. The zero-order valence-corrected chi connectivity index (χ0v) is 11.4. The average molecular weight is 321 g/mol. The molecule has 2 rings (SSSR count). The fourth-order valence-electron chi connectivity index (χ4n) is 1.65. The van der Waals surface area contributed by atoms with Gasteiger partial charge in [-0.05, 0) is 12.1 Å². The molecule has 0 spiro atoms. The normalized spacial score (nSPS) is 10.5. The van der Waals surface area contributed by atoms with Crippen molar-refractivity contribution in [2.24, 2.45) is 0 Å². The summed E-state index contributed by atoms with van der Waals surface area (Å²) in [6.45, 7) is 0. The van der Waals surface area contributed by atoms with Gasteiger partial charge in [-0.1, -0.05) is 46.9 Å². The van der Waals surface area contributed by atoms with Crippen molar-refractivity contribution in [2.45, 2.75) is 0 Å². The van der Waals surface area contributed by atoms with Crippen LogP contribution in [0.25, 0.3) is 11.1 Å². The lowest BCUT2D eigenvalue weighted by molar-refractivity contribution is -0.387. The Labute approximate surface area is 122 Å². The van der Waals surface area contributed by atoms with Gasteiger partial charge >= 0.3 is 5.69 Å². The molecule has 0 bridgehead atoms. The number of hydrogen-bond acceptors (Lipinski definition) is 2. The largest absolute Gasteiger partial charge is 0.305 e. The Morgan fingerprint density at radius 2 is 1.68 bits per heavy atom. The van der Waals surface area contributed by atoms with Gasteiger partial charge in [0.05, 0.1) is 15.0 Å². The third-order valence-electron chi connectivity index (χ3n) is 2.45. The summed E-state index contributed by atoms with van der Waals surface area (Å²) in [5.74, 6) is -0.987. The first-order valence-electron chi connectivity index (χ1n) is 4.99. The van der Waals surface area contributed by atoms with Crippen LogP contribution in [0.4, 0.5) is 10.1 Å². The van der Waals surface area contributed by atoms with Crippen molar-refractivity contribution < 1.29 is 9.31 Å². The van der Waals surface area contributed by atoms with Gasteiger partial charge < -0.3 is 0 Å². The Bertz CT molecular complexity index is 653. The molecule has 0 aromatic heterocycles. The number of nitrogens with zero attached hydrogens (tertiary/aromatic N) is 1. The van der Waals surface area contributed by atoms with Crippen molar-refractivity contribution in [3.05, 3.63) is 61.3 Å². The second-order valence-electron chi connectivity index (χ2n) is 3.64. The van der Waals surface area contributed by atoms with Gasteiger partial charge in [0.1, 0.15) is 0 Å². The maximum atomic E-state index is 14.1. The van der Waals surface area contributed by atoms with Gasteiger partial charge in [-0.3, -0.25) is 10.1 Å². The quantitative estimate of drug-likeness (QED) is 0.552. The molecule has 0 aliphatic carbocycles. The van der Waals surface area contributed by atoms with E-state index in [4.69, 9.17) is 34.8 Å². The molecule has 0 saturated carbocycles. The van der Waals surface area contributed by atoms with Crippen LogP contribution in [-0.2, 0) is 0 Å². The van der Waals surface area contributed by atoms with E-state index in [1.54, 1.807) is 0 Å². The fourth-order valence-corrected chi connectivity index (χ4v) is 2.67. The molecular formula is C12H5Cl3FNO2. The minimum absolute atomic E-state index is 0.0409. The summed E-state index contributed by atoms with van der Waals surface area (Å²) in [5.41, 5.74) is -0.505. The predicted octanol–water partition coefficient (Wildman–Crippen LogP) is 5.36. The Morgan fingerprint density at radius 1 is 1.11 bits per heavy atom. The van der Waals surface area contributed by atoms with Gasteiger partial charge in [-0.2, -0.15) is 4.39 Å². The summed E-state index contributed by atoms with van der Waals surface area (Å²) >= 11 is 17.7. The van der Waals surface area contributed by atoms with Crippen LogP contribution in [0.2, 0.25) is 15.1 Å². The topological polar surface area (TPSA) is 43.1 Å². The molecule has 3 nitrogen and oxygen atoms in total. The van der Waals surface area contributed by atoms with Crippen molar-refractivity contribution in [1.82, 2.24) is 0 Å². The van der Waals surface area contributed by atoms with Gasteiger partial charge in [0.25, 0.3) is 0 Å². The smallest absolute Gasteiger partial charge is 0.258 e. The van der Waals surface area contributed by atoms with Crippen LogP contribution in [0, 0.1) is 15.9 Å². The highest BCUT2D eigenvalue weighted by molar-refractivity contribution is 6.41. The maximum Gasteiger partial charge on any atom is 0.305 e. The first kappa shape index (κ1) is 14.1. The molecule has 2 aromatic carbocycles. The Kier molecular flexibility index (Phi) is 3.94. The van der Waals surface area contributed by atoms with Crippen molar-refractivity contribution in [3.8, 4) is 11.1 Å². The lowest BCUT2D eigenvalue weighted by Gasteiger charge is -2.09. The van der Waals surface area contributed by atoms with E-state index in [0.29, 0.717) is 5.02 Å². The summed E-state index contributed by atoms with van der Waals surface area (Å²) in [5, 5.41) is 11.2. The summed E-state index contributed by atoms with van der Waals surface area (Å²) in [6, 6.07) is 6.57. The summed E-state index contributed by atoms with van der Waals surface area (Å²) < 4.78 is 14.1. The van der Waals surface area contributed by atoms with E-state index in [1.807, 2.05) is 0 Å². The van der Waals surface area contributed by atoms with E-state index in [-0.39, 0.29) is 21.2 Å². The summed E-state index contributed by atoms with van der Waals surface area (Å²) in [6.07, 6.45) is 0. The second kappa shape index (κ2) is 5.33. The van der Waals surface area contributed by atoms with Crippen LogP contribution in [0.1, 0.15) is 0 Å². The van der Waals surface area contributed by atoms with Crippen LogP contribution in [-0.4, -0.2) is 4.92 Å². The molecule has 2 aromatic rings. The van der Waals surface area contributed by atoms with Crippen molar-refractivity contribution in [2.75, 3.05) is 0 Å². The first-order chi connectivity index (χ1) is 8.91. The van der Waals surface area contributed by atoms with Gasteiger partial charge in [-0.25, -0.2) is 0 Å². The van der Waals surface area contributed by atoms with E-state index in [2.05, 4.69) is 0 Å². The highest BCUT2D eigenvalue weighted by atomic mass is 35.5. The van der Waals surface area contributed by atoms with Crippen molar-refractivity contribution >= 4 is 40.5 Å².